The van der Waals surface area contributed by atoms with E-state index in [1.54, 1.807) is 12.4 Å². The number of anilines is 1. The summed E-state index contributed by atoms with van der Waals surface area (Å²) in [6.07, 6.45) is 4.75. The van der Waals surface area contributed by atoms with Gasteiger partial charge >= 0.3 is 0 Å². The molecule has 0 spiro atoms. The Balaban J connectivity index is 1.79. The summed E-state index contributed by atoms with van der Waals surface area (Å²) in [6.45, 7) is 3.22. The lowest BCUT2D eigenvalue weighted by Crippen LogP contribution is -2.18. The summed E-state index contributed by atoms with van der Waals surface area (Å²) in [7, 11) is 0. The molecule has 2 heterocycles. The fourth-order valence-corrected chi connectivity index (χ4v) is 1.51. The zero-order valence-corrected chi connectivity index (χ0v) is 7.53. The number of hydrogen-bond donors (Lipinski definition) is 2. The predicted octanol–water partition coefficient (Wildman–Crippen LogP) is 0.498. The van der Waals surface area contributed by atoms with Gasteiger partial charge in [-0.05, 0) is 31.5 Å². The molecule has 2 rings (SSSR count). The fraction of sp³-hybridized carbons (Fsp3) is 0.556. The van der Waals surface area contributed by atoms with Crippen LogP contribution in [0.15, 0.2) is 18.5 Å². The van der Waals surface area contributed by atoms with Crippen molar-refractivity contribution < 1.29 is 0 Å². The van der Waals surface area contributed by atoms with Crippen LogP contribution in [-0.4, -0.2) is 29.6 Å². The molecule has 1 fully saturated rings. The van der Waals surface area contributed by atoms with Gasteiger partial charge < -0.3 is 10.6 Å². The van der Waals surface area contributed by atoms with Crippen LogP contribution in [-0.2, 0) is 0 Å². The zero-order valence-electron chi connectivity index (χ0n) is 7.53. The van der Waals surface area contributed by atoms with Gasteiger partial charge in [0.05, 0.1) is 0 Å². The van der Waals surface area contributed by atoms with Gasteiger partial charge in [-0.15, -0.1) is 0 Å². The van der Waals surface area contributed by atoms with Crippen molar-refractivity contribution in [2.24, 2.45) is 5.92 Å². The summed E-state index contributed by atoms with van der Waals surface area (Å²) in [5.74, 6) is 1.46. The smallest absolute Gasteiger partial charge is 0.222 e. The first-order chi connectivity index (χ1) is 6.45. The van der Waals surface area contributed by atoms with Crippen molar-refractivity contribution in [3.8, 4) is 0 Å². The molecule has 70 valence electrons. The summed E-state index contributed by atoms with van der Waals surface area (Å²) in [6, 6.07) is 1.82. The van der Waals surface area contributed by atoms with Crippen LogP contribution in [0.1, 0.15) is 6.42 Å². The molecule has 1 aromatic rings. The van der Waals surface area contributed by atoms with Crippen LogP contribution in [0.4, 0.5) is 5.95 Å². The van der Waals surface area contributed by atoms with Crippen molar-refractivity contribution in [3.63, 3.8) is 0 Å². The second-order valence-electron chi connectivity index (χ2n) is 3.31. The van der Waals surface area contributed by atoms with Gasteiger partial charge in [0.15, 0.2) is 0 Å². The van der Waals surface area contributed by atoms with Crippen LogP contribution in [0, 0.1) is 5.92 Å². The summed E-state index contributed by atoms with van der Waals surface area (Å²) < 4.78 is 0. The third kappa shape index (κ3) is 2.39. The number of rotatable bonds is 3. The van der Waals surface area contributed by atoms with Crippen LogP contribution in [0.5, 0.6) is 0 Å². The number of aromatic nitrogens is 2. The van der Waals surface area contributed by atoms with Gasteiger partial charge in [-0.1, -0.05) is 0 Å². The van der Waals surface area contributed by atoms with Crippen molar-refractivity contribution in [1.82, 2.24) is 15.3 Å². The van der Waals surface area contributed by atoms with E-state index in [4.69, 9.17) is 0 Å². The first-order valence-electron chi connectivity index (χ1n) is 4.67. The van der Waals surface area contributed by atoms with E-state index in [1.807, 2.05) is 6.07 Å². The van der Waals surface area contributed by atoms with Crippen LogP contribution in [0.25, 0.3) is 0 Å². The van der Waals surface area contributed by atoms with Gasteiger partial charge in [0.2, 0.25) is 5.95 Å². The maximum atomic E-state index is 4.10. The van der Waals surface area contributed by atoms with Crippen molar-refractivity contribution in [1.29, 1.82) is 0 Å². The molecule has 0 aromatic carbocycles. The van der Waals surface area contributed by atoms with Gasteiger partial charge in [-0.25, -0.2) is 9.97 Å². The number of nitrogens with zero attached hydrogens (tertiary/aromatic N) is 2. The molecule has 1 aliphatic heterocycles. The highest BCUT2D eigenvalue weighted by molar-refractivity contribution is 5.22. The molecule has 1 aliphatic rings. The fourth-order valence-electron chi connectivity index (χ4n) is 1.51. The third-order valence-electron chi connectivity index (χ3n) is 2.28. The molecule has 0 amide bonds. The highest BCUT2D eigenvalue weighted by Crippen LogP contribution is 2.07. The molecule has 0 unspecified atom stereocenters. The largest absolute Gasteiger partial charge is 0.354 e. The van der Waals surface area contributed by atoms with E-state index < -0.39 is 0 Å². The molecule has 1 aromatic heterocycles. The topological polar surface area (TPSA) is 49.8 Å². The predicted molar refractivity (Wildman–Crippen MR) is 51.5 cm³/mol. The van der Waals surface area contributed by atoms with E-state index >= 15 is 0 Å². The Labute approximate surface area is 77.8 Å². The average molecular weight is 178 g/mol. The first kappa shape index (κ1) is 8.44. The number of hydrogen-bond acceptors (Lipinski definition) is 4. The third-order valence-corrected chi connectivity index (χ3v) is 2.28. The summed E-state index contributed by atoms with van der Waals surface area (Å²) in [5.41, 5.74) is 0. The monoisotopic (exact) mass is 178 g/mol. The minimum absolute atomic E-state index is 0.726. The Morgan fingerprint density at radius 1 is 1.46 bits per heavy atom. The lowest BCUT2D eigenvalue weighted by molar-refractivity contribution is 0.613. The van der Waals surface area contributed by atoms with E-state index in [9.17, 15) is 0 Å². The molecule has 0 saturated carbocycles. The molecule has 0 aliphatic carbocycles. The molecule has 0 radical (unpaired) electrons. The molecule has 4 nitrogen and oxygen atoms in total. The maximum absolute atomic E-state index is 4.10. The molecule has 4 heteroatoms. The van der Waals surface area contributed by atoms with Gasteiger partial charge in [0.25, 0.3) is 0 Å². The Morgan fingerprint density at radius 3 is 3.00 bits per heavy atom. The number of nitrogens with one attached hydrogen (secondary N) is 2. The highest BCUT2D eigenvalue weighted by Gasteiger charge is 2.13. The molecular formula is C9H14N4. The van der Waals surface area contributed by atoms with E-state index in [0.29, 0.717) is 0 Å². The van der Waals surface area contributed by atoms with Crippen molar-refractivity contribution in [3.05, 3.63) is 18.5 Å². The molecular weight excluding hydrogens is 164 g/mol. The highest BCUT2D eigenvalue weighted by atomic mass is 15.1. The summed E-state index contributed by atoms with van der Waals surface area (Å²) in [4.78, 5) is 8.19. The molecule has 1 saturated heterocycles. The standard InChI is InChI=1S/C9H14N4/c1-3-11-9(12-4-1)13-7-8-2-5-10-6-8/h1,3-4,8,10H,2,5-7H2,(H,11,12,13)/t8-/m0/s1. The maximum Gasteiger partial charge on any atom is 0.222 e. The normalized spacial score (nSPS) is 21.7. The average Bonchev–Trinajstić information content (AvgIpc) is 2.69. The molecule has 13 heavy (non-hydrogen) atoms. The van der Waals surface area contributed by atoms with Gasteiger partial charge in [0, 0.05) is 18.9 Å². The van der Waals surface area contributed by atoms with Crippen LogP contribution < -0.4 is 10.6 Å². The quantitative estimate of drug-likeness (QED) is 0.707. The zero-order chi connectivity index (χ0) is 8.93. The van der Waals surface area contributed by atoms with E-state index in [0.717, 1.165) is 31.5 Å². The Morgan fingerprint density at radius 2 is 2.31 bits per heavy atom. The lowest BCUT2D eigenvalue weighted by Gasteiger charge is -2.08. The van der Waals surface area contributed by atoms with Gasteiger partial charge in [-0.3, -0.25) is 0 Å². The molecule has 0 bridgehead atoms. The van der Waals surface area contributed by atoms with Crippen molar-refractivity contribution in [2.75, 3.05) is 25.0 Å². The van der Waals surface area contributed by atoms with Gasteiger partial charge in [-0.2, -0.15) is 0 Å². The minimum atomic E-state index is 0.726. The van der Waals surface area contributed by atoms with Crippen LogP contribution >= 0.6 is 0 Å². The first-order valence-corrected chi connectivity index (χ1v) is 4.67. The minimum Gasteiger partial charge on any atom is -0.354 e. The van der Waals surface area contributed by atoms with E-state index in [-0.39, 0.29) is 0 Å². The SMILES string of the molecule is c1cnc(NC[C@H]2CCNC2)nc1. The van der Waals surface area contributed by atoms with Crippen molar-refractivity contribution in [2.45, 2.75) is 6.42 Å². The Kier molecular flexibility index (Phi) is 2.72. The van der Waals surface area contributed by atoms with Crippen LogP contribution in [0.3, 0.4) is 0 Å². The van der Waals surface area contributed by atoms with Gasteiger partial charge in [0.1, 0.15) is 0 Å². The molecule has 1 atom stereocenters. The van der Waals surface area contributed by atoms with Crippen LogP contribution in [0.2, 0.25) is 0 Å². The van der Waals surface area contributed by atoms with Crippen molar-refractivity contribution >= 4 is 5.95 Å². The Hall–Kier alpha value is -1.16. The second kappa shape index (κ2) is 4.18. The van der Waals surface area contributed by atoms with E-state index in [1.165, 1.54) is 6.42 Å². The summed E-state index contributed by atoms with van der Waals surface area (Å²) >= 11 is 0. The summed E-state index contributed by atoms with van der Waals surface area (Å²) in [5, 5.41) is 6.55. The Bertz CT molecular complexity index is 243. The second-order valence-corrected chi connectivity index (χ2v) is 3.31. The lowest BCUT2D eigenvalue weighted by atomic mass is 10.1. The molecule has 2 N–H and O–H groups in total. The van der Waals surface area contributed by atoms with E-state index in [2.05, 4.69) is 20.6 Å².